The first-order valence-electron chi connectivity index (χ1n) is 7.34. The van der Waals surface area contributed by atoms with E-state index in [1.54, 1.807) is 0 Å². The lowest BCUT2D eigenvalue weighted by atomic mass is 9.68. The molecule has 3 heteroatoms. The molecule has 0 spiro atoms. The van der Waals surface area contributed by atoms with Crippen molar-refractivity contribution in [1.82, 2.24) is 0 Å². The van der Waals surface area contributed by atoms with E-state index in [0.29, 0.717) is 5.92 Å². The van der Waals surface area contributed by atoms with Gasteiger partial charge in [0, 0.05) is 5.92 Å². The second kappa shape index (κ2) is 3.50. The number of aliphatic hydroxyl groups is 2. The quantitative estimate of drug-likeness (QED) is 0.753. The number of aliphatic hydroxyl groups excluding tert-OH is 1. The molecule has 3 fully saturated rings. The third-order valence-electron chi connectivity index (χ3n) is 6.15. The molecule has 2 aliphatic heterocycles. The van der Waals surface area contributed by atoms with Gasteiger partial charge >= 0.3 is 0 Å². The second-order valence-corrected chi connectivity index (χ2v) is 7.50. The van der Waals surface area contributed by atoms with E-state index >= 15 is 0 Å². The van der Waals surface area contributed by atoms with Crippen molar-refractivity contribution in [2.75, 3.05) is 0 Å². The third-order valence-corrected chi connectivity index (χ3v) is 6.15. The van der Waals surface area contributed by atoms with Crippen LogP contribution < -0.4 is 0 Å². The highest BCUT2D eigenvalue weighted by Gasteiger charge is 2.68. The standard InChI is InChI=1S/C15H26O3/c1-9(2)15-8-7-14(4,18-15)10-5-6-13(3,17)11(10)12(15)16/h9-12,16-17H,5-8H2,1-4H3/t10?,11?,12?,13-,14-,15-/m0/s1. The highest BCUT2D eigenvalue weighted by Crippen LogP contribution is 2.62. The van der Waals surface area contributed by atoms with Gasteiger partial charge in [-0.25, -0.2) is 0 Å². The fourth-order valence-electron chi connectivity index (χ4n) is 4.97. The molecule has 2 saturated heterocycles. The van der Waals surface area contributed by atoms with Crippen LogP contribution in [0.4, 0.5) is 0 Å². The lowest BCUT2D eigenvalue weighted by Crippen LogP contribution is -2.62. The molecule has 0 aromatic rings. The van der Waals surface area contributed by atoms with Gasteiger partial charge in [0.1, 0.15) is 0 Å². The van der Waals surface area contributed by atoms with Crippen LogP contribution in [-0.4, -0.2) is 33.1 Å². The van der Waals surface area contributed by atoms with E-state index in [1.165, 1.54) is 0 Å². The lowest BCUT2D eigenvalue weighted by molar-refractivity contribution is -0.264. The Morgan fingerprint density at radius 2 is 1.83 bits per heavy atom. The Kier molecular flexibility index (Phi) is 2.51. The molecule has 1 saturated carbocycles. The SMILES string of the molecule is CC(C)[C@]12CC[C@](C)(O1)C1CC[C@](C)(O)C1C2O. The van der Waals surface area contributed by atoms with Gasteiger partial charge in [-0.2, -0.15) is 0 Å². The Morgan fingerprint density at radius 3 is 2.44 bits per heavy atom. The molecular weight excluding hydrogens is 228 g/mol. The average molecular weight is 254 g/mol. The smallest absolute Gasteiger partial charge is 0.0975 e. The summed E-state index contributed by atoms with van der Waals surface area (Å²) in [6.45, 7) is 8.32. The molecule has 3 nitrogen and oxygen atoms in total. The maximum absolute atomic E-state index is 10.9. The first-order valence-corrected chi connectivity index (χ1v) is 7.34. The van der Waals surface area contributed by atoms with Crippen molar-refractivity contribution in [3.05, 3.63) is 0 Å². The summed E-state index contributed by atoms with van der Waals surface area (Å²) < 4.78 is 6.39. The Bertz CT molecular complexity index is 365. The molecule has 0 radical (unpaired) electrons. The number of hydrogen-bond donors (Lipinski definition) is 2. The molecule has 3 unspecified atom stereocenters. The molecule has 3 rings (SSSR count). The minimum absolute atomic E-state index is 0.0267. The summed E-state index contributed by atoms with van der Waals surface area (Å²) in [4.78, 5) is 0. The molecule has 6 atom stereocenters. The first-order chi connectivity index (χ1) is 8.23. The highest BCUT2D eigenvalue weighted by molar-refractivity contribution is 5.17. The van der Waals surface area contributed by atoms with Crippen molar-refractivity contribution >= 4 is 0 Å². The Morgan fingerprint density at radius 1 is 1.17 bits per heavy atom. The van der Waals surface area contributed by atoms with Gasteiger partial charge in [-0.15, -0.1) is 0 Å². The minimum Gasteiger partial charge on any atom is -0.390 e. The Balaban J connectivity index is 2.06. The van der Waals surface area contributed by atoms with Gasteiger partial charge in [-0.3, -0.25) is 0 Å². The fraction of sp³-hybridized carbons (Fsp3) is 1.00. The van der Waals surface area contributed by atoms with Crippen LogP contribution in [0.5, 0.6) is 0 Å². The van der Waals surface area contributed by atoms with Crippen molar-refractivity contribution < 1.29 is 14.9 Å². The second-order valence-electron chi connectivity index (χ2n) is 7.50. The van der Waals surface area contributed by atoms with Gasteiger partial charge in [-0.05, 0) is 51.4 Å². The molecule has 3 aliphatic rings. The summed E-state index contributed by atoms with van der Waals surface area (Å²) in [5, 5.41) is 21.5. The van der Waals surface area contributed by atoms with Gasteiger partial charge in [0.2, 0.25) is 0 Å². The molecule has 1 aliphatic carbocycles. The van der Waals surface area contributed by atoms with Crippen LogP contribution in [0.25, 0.3) is 0 Å². The van der Waals surface area contributed by atoms with Crippen LogP contribution in [0.15, 0.2) is 0 Å². The predicted octanol–water partition coefficient (Wildman–Crippen LogP) is 2.10. The number of ether oxygens (including phenoxy) is 1. The summed E-state index contributed by atoms with van der Waals surface area (Å²) in [6.07, 6.45) is 3.16. The van der Waals surface area contributed by atoms with Gasteiger partial charge in [0.05, 0.1) is 22.9 Å². The topological polar surface area (TPSA) is 49.7 Å². The van der Waals surface area contributed by atoms with E-state index in [4.69, 9.17) is 4.74 Å². The van der Waals surface area contributed by atoms with Crippen LogP contribution >= 0.6 is 0 Å². The van der Waals surface area contributed by atoms with Gasteiger partial charge < -0.3 is 14.9 Å². The Labute approximate surface area is 110 Å². The zero-order chi connectivity index (χ0) is 13.3. The Hall–Kier alpha value is -0.120. The number of hydrogen-bond acceptors (Lipinski definition) is 3. The highest BCUT2D eigenvalue weighted by atomic mass is 16.5. The van der Waals surface area contributed by atoms with Crippen molar-refractivity contribution in [3.8, 4) is 0 Å². The van der Waals surface area contributed by atoms with E-state index in [2.05, 4.69) is 20.8 Å². The van der Waals surface area contributed by atoms with E-state index in [1.807, 2.05) is 6.92 Å². The molecule has 2 N–H and O–H groups in total. The molecule has 104 valence electrons. The number of rotatable bonds is 1. The molecule has 0 aromatic carbocycles. The van der Waals surface area contributed by atoms with E-state index < -0.39 is 17.3 Å². The zero-order valence-electron chi connectivity index (χ0n) is 11.9. The zero-order valence-corrected chi connectivity index (χ0v) is 11.9. The van der Waals surface area contributed by atoms with E-state index in [9.17, 15) is 10.2 Å². The van der Waals surface area contributed by atoms with Gasteiger partial charge in [0.15, 0.2) is 0 Å². The fourth-order valence-corrected chi connectivity index (χ4v) is 4.97. The molecule has 0 amide bonds. The van der Waals surface area contributed by atoms with Crippen LogP contribution in [0.1, 0.15) is 53.4 Å². The largest absolute Gasteiger partial charge is 0.390 e. The molecule has 2 bridgehead atoms. The monoisotopic (exact) mass is 254 g/mol. The minimum atomic E-state index is -0.737. The maximum Gasteiger partial charge on any atom is 0.0975 e. The molecule has 18 heavy (non-hydrogen) atoms. The predicted molar refractivity (Wildman–Crippen MR) is 69.1 cm³/mol. The van der Waals surface area contributed by atoms with Crippen molar-refractivity contribution in [2.45, 2.75) is 76.3 Å². The van der Waals surface area contributed by atoms with Crippen LogP contribution in [-0.2, 0) is 4.74 Å². The maximum atomic E-state index is 10.9. The molecule has 2 heterocycles. The van der Waals surface area contributed by atoms with Crippen molar-refractivity contribution in [3.63, 3.8) is 0 Å². The third kappa shape index (κ3) is 1.36. The normalized spacial score (nSPS) is 59.2. The summed E-state index contributed by atoms with van der Waals surface area (Å²) in [6, 6.07) is 0. The van der Waals surface area contributed by atoms with Crippen LogP contribution in [0.2, 0.25) is 0 Å². The van der Waals surface area contributed by atoms with E-state index in [0.717, 1.165) is 25.7 Å². The van der Waals surface area contributed by atoms with Gasteiger partial charge in [-0.1, -0.05) is 13.8 Å². The van der Waals surface area contributed by atoms with E-state index in [-0.39, 0.29) is 17.4 Å². The summed E-state index contributed by atoms with van der Waals surface area (Å²) in [7, 11) is 0. The lowest BCUT2D eigenvalue weighted by Gasteiger charge is -2.53. The molecule has 0 aromatic heterocycles. The van der Waals surface area contributed by atoms with Gasteiger partial charge in [0.25, 0.3) is 0 Å². The summed E-state index contributed by atoms with van der Waals surface area (Å²) >= 11 is 0. The van der Waals surface area contributed by atoms with Crippen LogP contribution in [0, 0.1) is 17.8 Å². The molecular formula is C15H26O3. The average Bonchev–Trinajstić information content (AvgIpc) is 2.75. The summed E-state index contributed by atoms with van der Waals surface area (Å²) in [5.41, 5.74) is -1.32. The summed E-state index contributed by atoms with van der Waals surface area (Å²) in [5.74, 6) is 0.560. The first kappa shape index (κ1) is 12.9. The number of fused-ring (bicyclic) bond motifs is 4. The van der Waals surface area contributed by atoms with Crippen molar-refractivity contribution in [1.29, 1.82) is 0 Å². The van der Waals surface area contributed by atoms with Crippen molar-refractivity contribution in [2.24, 2.45) is 17.8 Å². The van der Waals surface area contributed by atoms with Crippen LogP contribution in [0.3, 0.4) is 0 Å².